The standard InChI is InChI=1S/C22H21NO4/c1-3-26-19-9-5-4-8-18(19)22(24)23-16-12-14-17(15-13-16)27-21-11-7-6-10-20(21)25-2/h4-15H,3H2,1-2H3,(H,23,24). The normalized spacial score (nSPS) is 10.1. The molecule has 138 valence electrons. The highest BCUT2D eigenvalue weighted by atomic mass is 16.5. The highest BCUT2D eigenvalue weighted by molar-refractivity contribution is 6.06. The predicted octanol–water partition coefficient (Wildman–Crippen LogP) is 5.14. The van der Waals surface area contributed by atoms with E-state index in [1.54, 1.807) is 43.5 Å². The number of methoxy groups -OCH3 is 1. The molecule has 5 nitrogen and oxygen atoms in total. The molecule has 0 bridgehead atoms. The number of hydrogen-bond acceptors (Lipinski definition) is 4. The van der Waals surface area contributed by atoms with Crippen LogP contribution >= 0.6 is 0 Å². The molecule has 0 radical (unpaired) electrons. The van der Waals surface area contributed by atoms with E-state index in [1.807, 2.05) is 43.3 Å². The summed E-state index contributed by atoms with van der Waals surface area (Å²) in [7, 11) is 1.60. The van der Waals surface area contributed by atoms with Gasteiger partial charge in [-0.25, -0.2) is 0 Å². The Hall–Kier alpha value is -3.47. The van der Waals surface area contributed by atoms with E-state index in [9.17, 15) is 4.79 Å². The van der Waals surface area contributed by atoms with Crippen molar-refractivity contribution in [1.82, 2.24) is 0 Å². The minimum atomic E-state index is -0.225. The zero-order valence-corrected chi connectivity index (χ0v) is 15.3. The van der Waals surface area contributed by atoms with Crippen LogP contribution in [0, 0.1) is 0 Å². The molecule has 0 aliphatic heterocycles. The van der Waals surface area contributed by atoms with Crippen LogP contribution in [0.4, 0.5) is 5.69 Å². The Morgan fingerprint density at radius 3 is 2.15 bits per heavy atom. The van der Waals surface area contributed by atoms with Crippen molar-refractivity contribution in [1.29, 1.82) is 0 Å². The van der Waals surface area contributed by atoms with Gasteiger partial charge in [0.1, 0.15) is 11.5 Å². The summed E-state index contributed by atoms with van der Waals surface area (Å²) in [6, 6.07) is 21.7. The second-order valence-corrected chi connectivity index (χ2v) is 5.66. The first-order valence-electron chi connectivity index (χ1n) is 8.65. The molecule has 0 heterocycles. The SMILES string of the molecule is CCOc1ccccc1C(=O)Nc1ccc(Oc2ccccc2OC)cc1. The summed E-state index contributed by atoms with van der Waals surface area (Å²) < 4.78 is 16.6. The van der Waals surface area contributed by atoms with Crippen molar-refractivity contribution in [2.24, 2.45) is 0 Å². The minimum Gasteiger partial charge on any atom is -0.493 e. The van der Waals surface area contributed by atoms with Crippen molar-refractivity contribution in [2.75, 3.05) is 19.0 Å². The molecule has 3 rings (SSSR count). The lowest BCUT2D eigenvalue weighted by molar-refractivity contribution is 0.102. The fourth-order valence-electron chi connectivity index (χ4n) is 2.57. The van der Waals surface area contributed by atoms with Crippen molar-refractivity contribution < 1.29 is 19.0 Å². The number of carbonyl (C=O) groups excluding carboxylic acids is 1. The molecular weight excluding hydrogens is 342 g/mol. The van der Waals surface area contributed by atoms with Crippen LogP contribution in [-0.2, 0) is 0 Å². The highest BCUT2D eigenvalue weighted by Gasteiger charge is 2.12. The van der Waals surface area contributed by atoms with E-state index >= 15 is 0 Å². The Morgan fingerprint density at radius 1 is 0.852 bits per heavy atom. The first-order chi connectivity index (χ1) is 13.2. The van der Waals surface area contributed by atoms with Gasteiger partial charge in [-0.1, -0.05) is 24.3 Å². The molecule has 0 aliphatic rings. The maximum absolute atomic E-state index is 12.5. The van der Waals surface area contributed by atoms with Gasteiger partial charge < -0.3 is 19.5 Å². The molecule has 0 aliphatic carbocycles. The molecule has 3 aromatic carbocycles. The van der Waals surface area contributed by atoms with Gasteiger partial charge in [0, 0.05) is 5.69 Å². The van der Waals surface area contributed by atoms with Gasteiger partial charge in [0.05, 0.1) is 19.3 Å². The molecule has 0 spiro atoms. The molecule has 0 atom stereocenters. The van der Waals surface area contributed by atoms with Crippen molar-refractivity contribution in [2.45, 2.75) is 6.92 Å². The largest absolute Gasteiger partial charge is 0.493 e. The van der Waals surface area contributed by atoms with E-state index in [1.165, 1.54) is 0 Å². The number of carbonyl (C=O) groups is 1. The maximum atomic E-state index is 12.5. The van der Waals surface area contributed by atoms with E-state index in [2.05, 4.69) is 5.32 Å². The number of anilines is 1. The zero-order valence-electron chi connectivity index (χ0n) is 15.3. The first-order valence-corrected chi connectivity index (χ1v) is 8.65. The van der Waals surface area contributed by atoms with E-state index in [-0.39, 0.29) is 5.91 Å². The van der Waals surface area contributed by atoms with Gasteiger partial charge in [-0.2, -0.15) is 0 Å². The van der Waals surface area contributed by atoms with Crippen molar-refractivity contribution in [3.05, 3.63) is 78.4 Å². The smallest absolute Gasteiger partial charge is 0.259 e. The fourth-order valence-corrected chi connectivity index (χ4v) is 2.57. The summed E-state index contributed by atoms with van der Waals surface area (Å²) in [5.74, 6) is 2.27. The van der Waals surface area contributed by atoms with E-state index in [0.29, 0.717) is 40.9 Å². The minimum absolute atomic E-state index is 0.225. The molecule has 0 saturated heterocycles. The zero-order chi connectivity index (χ0) is 19.1. The van der Waals surface area contributed by atoms with Gasteiger partial charge in [0.25, 0.3) is 5.91 Å². The number of benzene rings is 3. The van der Waals surface area contributed by atoms with Crippen LogP contribution in [-0.4, -0.2) is 19.6 Å². The molecular formula is C22H21NO4. The summed E-state index contributed by atoms with van der Waals surface area (Å²) in [6.07, 6.45) is 0. The van der Waals surface area contributed by atoms with Crippen LogP contribution in [0.2, 0.25) is 0 Å². The van der Waals surface area contributed by atoms with E-state index in [4.69, 9.17) is 14.2 Å². The summed E-state index contributed by atoms with van der Waals surface area (Å²) in [4.78, 5) is 12.5. The van der Waals surface area contributed by atoms with Crippen LogP contribution < -0.4 is 19.5 Å². The third kappa shape index (κ3) is 4.58. The molecule has 0 aromatic heterocycles. The maximum Gasteiger partial charge on any atom is 0.259 e. The quantitative estimate of drug-likeness (QED) is 0.631. The predicted molar refractivity (Wildman–Crippen MR) is 105 cm³/mol. The van der Waals surface area contributed by atoms with Crippen molar-refractivity contribution in [3.8, 4) is 23.0 Å². The van der Waals surface area contributed by atoms with Gasteiger partial charge >= 0.3 is 0 Å². The fraction of sp³-hybridized carbons (Fsp3) is 0.136. The average Bonchev–Trinajstić information content (AvgIpc) is 2.70. The highest BCUT2D eigenvalue weighted by Crippen LogP contribution is 2.31. The Labute approximate surface area is 158 Å². The van der Waals surface area contributed by atoms with Crippen LogP contribution in [0.25, 0.3) is 0 Å². The number of ether oxygens (including phenoxy) is 3. The van der Waals surface area contributed by atoms with Gasteiger partial charge in [-0.15, -0.1) is 0 Å². The third-order valence-electron chi connectivity index (χ3n) is 3.84. The number of hydrogen-bond donors (Lipinski definition) is 1. The van der Waals surface area contributed by atoms with E-state index < -0.39 is 0 Å². The van der Waals surface area contributed by atoms with Crippen molar-refractivity contribution >= 4 is 11.6 Å². The summed E-state index contributed by atoms with van der Waals surface area (Å²) in [6.45, 7) is 2.38. The number of amides is 1. The second kappa shape index (κ2) is 8.76. The number of para-hydroxylation sites is 3. The lowest BCUT2D eigenvalue weighted by Crippen LogP contribution is -2.13. The molecule has 1 amide bonds. The Bertz CT molecular complexity index is 906. The van der Waals surface area contributed by atoms with Crippen LogP contribution in [0.3, 0.4) is 0 Å². The number of rotatable bonds is 7. The topological polar surface area (TPSA) is 56.8 Å². The molecule has 27 heavy (non-hydrogen) atoms. The van der Waals surface area contributed by atoms with Crippen LogP contribution in [0.1, 0.15) is 17.3 Å². The van der Waals surface area contributed by atoms with Crippen molar-refractivity contribution in [3.63, 3.8) is 0 Å². The van der Waals surface area contributed by atoms with Gasteiger partial charge in [0.15, 0.2) is 11.5 Å². The lowest BCUT2D eigenvalue weighted by atomic mass is 10.2. The number of nitrogens with one attached hydrogen (secondary N) is 1. The summed E-state index contributed by atoms with van der Waals surface area (Å²) >= 11 is 0. The Kier molecular flexibility index (Phi) is 5.94. The molecule has 1 N–H and O–H groups in total. The summed E-state index contributed by atoms with van der Waals surface area (Å²) in [5.41, 5.74) is 1.16. The molecule has 0 unspecified atom stereocenters. The Morgan fingerprint density at radius 2 is 1.48 bits per heavy atom. The third-order valence-corrected chi connectivity index (χ3v) is 3.84. The van der Waals surface area contributed by atoms with Gasteiger partial charge in [0.2, 0.25) is 0 Å². The molecule has 0 saturated carbocycles. The van der Waals surface area contributed by atoms with Gasteiger partial charge in [-0.3, -0.25) is 4.79 Å². The molecule has 0 fully saturated rings. The van der Waals surface area contributed by atoms with Gasteiger partial charge in [-0.05, 0) is 55.5 Å². The summed E-state index contributed by atoms with van der Waals surface area (Å²) in [5, 5.41) is 2.87. The Balaban J connectivity index is 1.70. The second-order valence-electron chi connectivity index (χ2n) is 5.66. The van der Waals surface area contributed by atoms with Crippen LogP contribution in [0.15, 0.2) is 72.8 Å². The monoisotopic (exact) mass is 363 g/mol. The molecule has 5 heteroatoms. The lowest BCUT2D eigenvalue weighted by Gasteiger charge is -2.12. The first kappa shape index (κ1) is 18.3. The average molecular weight is 363 g/mol. The van der Waals surface area contributed by atoms with Crippen LogP contribution in [0.5, 0.6) is 23.0 Å². The van der Waals surface area contributed by atoms with E-state index in [0.717, 1.165) is 0 Å². The molecule has 3 aromatic rings.